The van der Waals surface area contributed by atoms with Crippen LogP contribution in [0.3, 0.4) is 0 Å². The van der Waals surface area contributed by atoms with Gasteiger partial charge in [0.05, 0.1) is 6.42 Å². The minimum absolute atomic E-state index is 0.404. The van der Waals surface area contributed by atoms with Gasteiger partial charge in [-0.1, -0.05) is 0 Å². The van der Waals surface area contributed by atoms with E-state index in [2.05, 4.69) is 10.6 Å². The monoisotopic (exact) mass is 298 g/mol. The first-order valence-electron chi connectivity index (χ1n) is 6.75. The Hall–Kier alpha value is -1.89. The number of carboxylic acids is 1. The molecule has 0 aromatic rings. The molecule has 118 valence electrons. The molecule has 0 spiro atoms. The normalized spacial score (nSPS) is 15.7. The number of rotatable bonds is 5. The van der Waals surface area contributed by atoms with Crippen molar-refractivity contribution < 1.29 is 24.2 Å². The zero-order valence-corrected chi connectivity index (χ0v) is 12.8. The average Bonchev–Trinajstić information content (AvgIpc) is 2.22. The van der Waals surface area contributed by atoms with Gasteiger partial charge in [-0.05, 0) is 33.3 Å². The third-order valence-electron chi connectivity index (χ3n) is 2.94. The third-order valence-corrected chi connectivity index (χ3v) is 2.94. The summed E-state index contributed by atoms with van der Waals surface area (Å²) >= 11 is 0. The minimum atomic E-state index is -1.30. The van der Waals surface area contributed by atoms with Crippen molar-refractivity contribution in [2.75, 3.05) is 13.1 Å². The van der Waals surface area contributed by atoms with E-state index in [0.29, 0.717) is 18.7 Å². The quantitative estimate of drug-likeness (QED) is 0.495. The van der Waals surface area contributed by atoms with Gasteiger partial charge < -0.3 is 20.5 Å². The largest absolute Gasteiger partial charge is 0.480 e. The smallest absolute Gasteiger partial charge is 0.326 e. The summed E-state index contributed by atoms with van der Waals surface area (Å²) in [4.78, 5) is 34.8. The zero-order chi connectivity index (χ0) is 16.2. The van der Waals surface area contributed by atoms with Crippen LogP contribution in [0.1, 0.15) is 34.1 Å². The summed E-state index contributed by atoms with van der Waals surface area (Å²) in [5, 5.41) is 14.5. The van der Waals surface area contributed by atoms with Crippen molar-refractivity contribution in [3.05, 3.63) is 11.1 Å². The molecular formula is C14H22N2O5. The maximum atomic E-state index is 11.9. The number of aliphatic carboxylic acids is 1. The molecule has 7 heteroatoms. The van der Waals surface area contributed by atoms with Crippen LogP contribution < -0.4 is 10.6 Å². The molecule has 1 aliphatic heterocycles. The van der Waals surface area contributed by atoms with Crippen molar-refractivity contribution in [1.82, 2.24) is 10.6 Å². The third kappa shape index (κ3) is 5.55. The van der Waals surface area contributed by atoms with E-state index in [1.807, 2.05) is 0 Å². The Morgan fingerprint density at radius 1 is 1.33 bits per heavy atom. The van der Waals surface area contributed by atoms with E-state index in [-0.39, 0.29) is 0 Å². The number of esters is 1. The van der Waals surface area contributed by atoms with Gasteiger partial charge in [-0.25, -0.2) is 4.79 Å². The fourth-order valence-corrected chi connectivity index (χ4v) is 1.69. The van der Waals surface area contributed by atoms with Gasteiger partial charge in [0.1, 0.15) is 11.6 Å². The maximum absolute atomic E-state index is 11.9. The Kier molecular flexibility index (Phi) is 5.48. The van der Waals surface area contributed by atoms with Crippen LogP contribution in [0.4, 0.5) is 0 Å². The molecule has 7 nitrogen and oxygen atoms in total. The number of ether oxygens (including phenoxy) is 1. The van der Waals surface area contributed by atoms with E-state index in [9.17, 15) is 14.4 Å². The van der Waals surface area contributed by atoms with Gasteiger partial charge in [0.25, 0.3) is 0 Å². The van der Waals surface area contributed by atoms with Crippen LogP contribution in [-0.4, -0.2) is 47.7 Å². The SMILES string of the molecule is CC(C(=O)N[C@@H](CC(=O)OC(C)(C)C)C(=O)O)=C1CNC1. The molecule has 0 aromatic heterocycles. The van der Waals surface area contributed by atoms with Crippen LogP contribution in [0, 0.1) is 0 Å². The van der Waals surface area contributed by atoms with Crippen molar-refractivity contribution in [2.24, 2.45) is 0 Å². The Balaban J connectivity index is 2.64. The lowest BCUT2D eigenvalue weighted by Crippen LogP contribution is -2.45. The van der Waals surface area contributed by atoms with Gasteiger partial charge in [-0.3, -0.25) is 9.59 Å². The summed E-state index contributed by atoms with van der Waals surface area (Å²) in [6, 6.07) is -1.30. The Labute approximate surface area is 123 Å². The summed E-state index contributed by atoms with van der Waals surface area (Å²) in [5.41, 5.74) is 0.734. The van der Waals surface area contributed by atoms with Crippen molar-refractivity contribution in [3.63, 3.8) is 0 Å². The second-order valence-electron chi connectivity index (χ2n) is 5.99. The molecule has 0 aromatic carbocycles. The molecule has 0 bridgehead atoms. The predicted octanol–water partition coefficient (Wildman–Crippen LogP) is 0.207. The number of nitrogens with one attached hydrogen (secondary N) is 2. The second kappa shape index (κ2) is 6.71. The van der Waals surface area contributed by atoms with Gasteiger partial charge in [-0.2, -0.15) is 0 Å². The molecular weight excluding hydrogens is 276 g/mol. The number of carbonyl (C=O) groups is 3. The summed E-state index contributed by atoms with van der Waals surface area (Å²) in [6.45, 7) is 7.97. The average molecular weight is 298 g/mol. The minimum Gasteiger partial charge on any atom is -0.480 e. The van der Waals surface area contributed by atoms with Gasteiger partial charge in [0.15, 0.2) is 0 Å². The van der Waals surface area contributed by atoms with E-state index in [1.165, 1.54) is 0 Å². The zero-order valence-electron chi connectivity index (χ0n) is 12.8. The summed E-state index contributed by atoms with van der Waals surface area (Å²) in [5.74, 6) is -2.40. The Morgan fingerprint density at radius 2 is 1.90 bits per heavy atom. The highest BCUT2D eigenvalue weighted by Crippen LogP contribution is 2.11. The highest BCUT2D eigenvalue weighted by Gasteiger charge is 2.27. The van der Waals surface area contributed by atoms with Crippen molar-refractivity contribution in [1.29, 1.82) is 0 Å². The molecule has 21 heavy (non-hydrogen) atoms. The van der Waals surface area contributed by atoms with Crippen LogP contribution >= 0.6 is 0 Å². The molecule has 1 saturated heterocycles. The molecule has 0 saturated carbocycles. The molecule has 0 radical (unpaired) electrons. The standard InChI is InChI=1S/C14H22N2O5/c1-8(9-6-15-7-9)12(18)16-10(13(19)20)5-11(17)21-14(2,3)4/h10,15H,5-7H2,1-4H3,(H,16,18)(H,19,20)/t10-/m0/s1. The highest BCUT2D eigenvalue weighted by molar-refractivity contribution is 5.97. The number of hydrogen-bond acceptors (Lipinski definition) is 5. The molecule has 1 fully saturated rings. The molecule has 1 aliphatic rings. The summed E-state index contributed by atoms with van der Waals surface area (Å²) in [6.07, 6.45) is -0.404. The Morgan fingerprint density at radius 3 is 2.29 bits per heavy atom. The topological polar surface area (TPSA) is 105 Å². The van der Waals surface area contributed by atoms with E-state index >= 15 is 0 Å². The molecule has 0 aliphatic carbocycles. The van der Waals surface area contributed by atoms with E-state index in [1.54, 1.807) is 27.7 Å². The van der Waals surface area contributed by atoms with E-state index in [0.717, 1.165) is 5.57 Å². The predicted molar refractivity (Wildman–Crippen MR) is 75.6 cm³/mol. The van der Waals surface area contributed by atoms with Gasteiger partial charge in [-0.15, -0.1) is 0 Å². The maximum Gasteiger partial charge on any atom is 0.326 e. The lowest BCUT2D eigenvalue weighted by atomic mass is 10.0. The fourth-order valence-electron chi connectivity index (χ4n) is 1.69. The number of amides is 1. The molecule has 1 atom stereocenters. The van der Waals surface area contributed by atoms with Crippen LogP contribution in [0.25, 0.3) is 0 Å². The summed E-state index contributed by atoms with van der Waals surface area (Å²) < 4.78 is 5.06. The number of hydrogen-bond donors (Lipinski definition) is 3. The van der Waals surface area contributed by atoms with Crippen molar-refractivity contribution >= 4 is 17.8 Å². The van der Waals surface area contributed by atoms with Crippen LogP contribution in [0.15, 0.2) is 11.1 Å². The molecule has 1 amide bonds. The number of carbonyl (C=O) groups excluding carboxylic acids is 2. The molecule has 3 N–H and O–H groups in total. The lowest BCUT2D eigenvalue weighted by molar-refractivity contribution is -0.158. The van der Waals surface area contributed by atoms with E-state index in [4.69, 9.17) is 9.84 Å². The van der Waals surface area contributed by atoms with Crippen LogP contribution in [-0.2, 0) is 19.1 Å². The molecule has 1 heterocycles. The second-order valence-corrected chi connectivity index (χ2v) is 5.99. The molecule has 0 unspecified atom stereocenters. The summed E-state index contributed by atoms with van der Waals surface area (Å²) in [7, 11) is 0. The van der Waals surface area contributed by atoms with Crippen LogP contribution in [0.5, 0.6) is 0 Å². The highest BCUT2D eigenvalue weighted by atomic mass is 16.6. The van der Waals surface area contributed by atoms with Gasteiger partial charge >= 0.3 is 11.9 Å². The first-order valence-corrected chi connectivity index (χ1v) is 6.75. The first kappa shape index (κ1) is 17.2. The molecule has 1 rings (SSSR count). The Bertz CT molecular complexity index is 470. The first-order chi connectivity index (χ1) is 9.60. The lowest BCUT2D eigenvalue weighted by Gasteiger charge is -2.23. The number of carboxylic acid groups (broad SMARTS) is 1. The van der Waals surface area contributed by atoms with Gasteiger partial charge in [0.2, 0.25) is 5.91 Å². The van der Waals surface area contributed by atoms with Gasteiger partial charge in [0, 0.05) is 18.7 Å². The van der Waals surface area contributed by atoms with E-state index < -0.39 is 35.9 Å². The van der Waals surface area contributed by atoms with Crippen molar-refractivity contribution in [2.45, 2.75) is 45.8 Å². The fraction of sp³-hybridized carbons (Fsp3) is 0.643. The van der Waals surface area contributed by atoms with Crippen LogP contribution in [0.2, 0.25) is 0 Å². The van der Waals surface area contributed by atoms with Crippen molar-refractivity contribution in [3.8, 4) is 0 Å².